The minimum absolute atomic E-state index is 0.189. The Balaban J connectivity index is 2.93. The molecule has 0 radical (unpaired) electrons. The van der Waals surface area contributed by atoms with E-state index in [0.29, 0.717) is 10.9 Å². The highest BCUT2D eigenvalue weighted by Gasteiger charge is 2.30. The smallest absolute Gasteiger partial charge is 0.221 e. The standard InChI is InChI=1S/C13H13Br2FO2/c1-3-7(2)12(17)11(16)13(18)8-4-5-9(14)10(15)6-8/h4-7,11H,3H2,1-2H3. The van der Waals surface area contributed by atoms with Gasteiger partial charge >= 0.3 is 0 Å². The summed E-state index contributed by atoms with van der Waals surface area (Å²) in [4.78, 5) is 23.5. The molecular weight excluding hydrogens is 367 g/mol. The lowest BCUT2D eigenvalue weighted by Crippen LogP contribution is -2.30. The fourth-order valence-corrected chi connectivity index (χ4v) is 2.00. The van der Waals surface area contributed by atoms with Crippen LogP contribution in [0.1, 0.15) is 30.6 Å². The second-order valence-electron chi connectivity index (χ2n) is 4.07. The molecule has 2 atom stereocenters. The van der Waals surface area contributed by atoms with E-state index in [1.165, 1.54) is 12.1 Å². The van der Waals surface area contributed by atoms with Crippen LogP contribution in [0.25, 0.3) is 0 Å². The molecule has 0 aliphatic carbocycles. The summed E-state index contributed by atoms with van der Waals surface area (Å²) in [6, 6.07) is 4.63. The van der Waals surface area contributed by atoms with E-state index >= 15 is 0 Å². The number of Topliss-reactive ketones (excluding diaryl/α,β-unsaturated/α-hetero) is 2. The number of hydrogen-bond donors (Lipinski definition) is 0. The Kier molecular flexibility index (Phi) is 5.66. The van der Waals surface area contributed by atoms with Gasteiger partial charge in [0.05, 0.1) is 0 Å². The molecule has 0 saturated heterocycles. The average Bonchev–Trinajstić information content (AvgIpc) is 2.38. The molecule has 98 valence electrons. The Morgan fingerprint density at radius 2 is 1.89 bits per heavy atom. The first-order valence-corrected chi connectivity index (χ1v) is 7.14. The van der Waals surface area contributed by atoms with Gasteiger partial charge in [-0.1, -0.05) is 19.9 Å². The molecule has 0 fully saturated rings. The van der Waals surface area contributed by atoms with Crippen molar-refractivity contribution < 1.29 is 14.0 Å². The second kappa shape index (κ2) is 6.57. The molecule has 18 heavy (non-hydrogen) atoms. The lowest BCUT2D eigenvalue weighted by molar-refractivity contribution is -0.125. The van der Waals surface area contributed by atoms with Gasteiger partial charge in [0.25, 0.3) is 0 Å². The summed E-state index contributed by atoms with van der Waals surface area (Å²) < 4.78 is 15.2. The van der Waals surface area contributed by atoms with Crippen LogP contribution in [0, 0.1) is 5.92 Å². The first-order valence-electron chi connectivity index (χ1n) is 5.55. The summed E-state index contributed by atoms with van der Waals surface area (Å²) in [5, 5.41) is 0. The van der Waals surface area contributed by atoms with Gasteiger partial charge in [0.1, 0.15) is 0 Å². The Labute approximate surface area is 122 Å². The van der Waals surface area contributed by atoms with E-state index in [0.717, 1.165) is 4.47 Å². The van der Waals surface area contributed by atoms with Crippen LogP contribution in [0.2, 0.25) is 0 Å². The number of carbonyl (C=O) groups excluding carboxylic acids is 2. The summed E-state index contributed by atoms with van der Waals surface area (Å²) in [5.74, 6) is -1.88. The highest BCUT2D eigenvalue weighted by Crippen LogP contribution is 2.25. The van der Waals surface area contributed by atoms with Gasteiger partial charge in [0.2, 0.25) is 12.0 Å². The molecule has 1 aromatic rings. The van der Waals surface area contributed by atoms with Crippen molar-refractivity contribution in [2.45, 2.75) is 26.4 Å². The Morgan fingerprint density at radius 3 is 2.39 bits per heavy atom. The number of rotatable bonds is 5. The van der Waals surface area contributed by atoms with Crippen molar-refractivity contribution >= 4 is 43.4 Å². The molecule has 2 nitrogen and oxygen atoms in total. The third-order valence-electron chi connectivity index (χ3n) is 2.78. The van der Waals surface area contributed by atoms with Gasteiger partial charge < -0.3 is 0 Å². The molecule has 0 saturated carbocycles. The fraction of sp³-hybridized carbons (Fsp3) is 0.385. The number of alkyl halides is 1. The van der Waals surface area contributed by atoms with E-state index in [1.54, 1.807) is 19.9 Å². The third-order valence-corrected chi connectivity index (χ3v) is 4.66. The first-order chi connectivity index (χ1) is 8.38. The number of halogens is 3. The maximum absolute atomic E-state index is 13.8. The van der Waals surface area contributed by atoms with Gasteiger partial charge in [-0.2, -0.15) is 0 Å². The molecule has 0 aliphatic heterocycles. The van der Waals surface area contributed by atoms with Crippen LogP contribution in [-0.2, 0) is 4.79 Å². The molecule has 0 aliphatic rings. The minimum Gasteiger partial charge on any atom is -0.296 e. The van der Waals surface area contributed by atoms with Crippen molar-refractivity contribution in [1.29, 1.82) is 0 Å². The van der Waals surface area contributed by atoms with Crippen molar-refractivity contribution in [3.63, 3.8) is 0 Å². The number of benzene rings is 1. The van der Waals surface area contributed by atoms with Gasteiger partial charge in [0, 0.05) is 20.4 Å². The Bertz CT molecular complexity index is 474. The quantitative estimate of drug-likeness (QED) is 0.563. The lowest BCUT2D eigenvalue weighted by atomic mass is 9.95. The second-order valence-corrected chi connectivity index (χ2v) is 5.78. The maximum atomic E-state index is 13.8. The zero-order chi connectivity index (χ0) is 13.9. The van der Waals surface area contributed by atoms with E-state index < -0.39 is 23.7 Å². The molecule has 1 rings (SSSR count). The van der Waals surface area contributed by atoms with Crippen molar-refractivity contribution in [3.05, 3.63) is 32.7 Å². The highest BCUT2D eigenvalue weighted by molar-refractivity contribution is 9.13. The van der Waals surface area contributed by atoms with Gasteiger partial charge in [-0.3, -0.25) is 9.59 Å². The summed E-state index contributed by atoms with van der Waals surface area (Å²) in [6.45, 7) is 3.41. The van der Waals surface area contributed by atoms with Gasteiger partial charge in [-0.05, 0) is 50.4 Å². The van der Waals surface area contributed by atoms with Crippen LogP contribution < -0.4 is 0 Å². The average molecular weight is 380 g/mol. The Hall–Kier alpha value is -0.550. The summed E-state index contributed by atoms with van der Waals surface area (Å²) in [6.07, 6.45) is -1.55. The summed E-state index contributed by atoms with van der Waals surface area (Å²) >= 11 is 6.50. The molecule has 0 bridgehead atoms. The van der Waals surface area contributed by atoms with Gasteiger partial charge in [-0.25, -0.2) is 4.39 Å². The van der Waals surface area contributed by atoms with Crippen molar-refractivity contribution in [2.24, 2.45) is 5.92 Å². The molecule has 0 aromatic heterocycles. The summed E-state index contributed by atoms with van der Waals surface area (Å²) in [5.41, 5.74) is 0.189. The largest absolute Gasteiger partial charge is 0.296 e. The van der Waals surface area contributed by atoms with Crippen molar-refractivity contribution in [1.82, 2.24) is 0 Å². The highest BCUT2D eigenvalue weighted by atomic mass is 79.9. The SMILES string of the molecule is CCC(C)C(=O)C(F)C(=O)c1ccc(Br)c(Br)c1. The Morgan fingerprint density at radius 1 is 1.28 bits per heavy atom. The predicted octanol–water partition coefficient (Wildman–Crippen LogP) is 4.35. The summed E-state index contributed by atoms with van der Waals surface area (Å²) in [7, 11) is 0. The topological polar surface area (TPSA) is 34.1 Å². The molecule has 0 N–H and O–H groups in total. The van der Waals surface area contributed by atoms with Gasteiger partial charge in [-0.15, -0.1) is 0 Å². The molecule has 2 unspecified atom stereocenters. The van der Waals surface area contributed by atoms with Crippen LogP contribution in [0.4, 0.5) is 4.39 Å². The van der Waals surface area contributed by atoms with Gasteiger partial charge in [0.15, 0.2) is 5.78 Å². The lowest BCUT2D eigenvalue weighted by Gasteiger charge is -2.11. The molecule has 5 heteroatoms. The molecule has 1 aromatic carbocycles. The van der Waals surface area contributed by atoms with Crippen molar-refractivity contribution in [3.8, 4) is 0 Å². The predicted molar refractivity (Wildman–Crippen MR) is 75.5 cm³/mol. The van der Waals surface area contributed by atoms with E-state index in [-0.39, 0.29) is 5.56 Å². The van der Waals surface area contributed by atoms with E-state index in [2.05, 4.69) is 31.9 Å². The molecular formula is C13H13Br2FO2. The minimum atomic E-state index is -2.08. The fourth-order valence-electron chi connectivity index (χ4n) is 1.38. The molecule has 0 amide bonds. The molecule has 0 spiro atoms. The third kappa shape index (κ3) is 3.48. The van der Waals surface area contributed by atoms with Crippen LogP contribution in [0.3, 0.4) is 0 Å². The van der Waals surface area contributed by atoms with E-state index in [4.69, 9.17) is 0 Å². The van der Waals surface area contributed by atoms with E-state index in [1.807, 2.05) is 0 Å². The molecule has 0 heterocycles. The number of carbonyl (C=O) groups is 2. The van der Waals surface area contributed by atoms with Crippen LogP contribution in [0.15, 0.2) is 27.1 Å². The normalized spacial score (nSPS) is 14.1. The zero-order valence-electron chi connectivity index (χ0n) is 10.0. The van der Waals surface area contributed by atoms with Crippen LogP contribution in [-0.4, -0.2) is 17.7 Å². The van der Waals surface area contributed by atoms with Crippen LogP contribution in [0.5, 0.6) is 0 Å². The van der Waals surface area contributed by atoms with Crippen molar-refractivity contribution in [2.75, 3.05) is 0 Å². The number of ketones is 2. The first kappa shape index (κ1) is 15.5. The zero-order valence-corrected chi connectivity index (χ0v) is 13.2. The monoisotopic (exact) mass is 378 g/mol. The number of hydrogen-bond acceptors (Lipinski definition) is 2. The van der Waals surface area contributed by atoms with E-state index in [9.17, 15) is 14.0 Å². The maximum Gasteiger partial charge on any atom is 0.221 e. The van der Waals surface area contributed by atoms with Crippen LogP contribution >= 0.6 is 31.9 Å².